The number of hydrogen-bond donors (Lipinski definition) is 1. The average molecular weight is 464 g/mol. The highest BCUT2D eigenvalue weighted by molar-refractivity contribution is 6.10. The predicted molar refractivity (Wildman–Crippen MR) is 127 cm³/mol. The molecule has 2 aromatic heterocycles. The van der Waals surface area contributed by atoms with E-state index in [9.17, 15) is 4.79 Å². The van der Waals surface area contributed by atoms with E-state index in [1.54, 1.807) is 27.2 Å². The minimum absolute atomic E-state index is 0.142. The number of rotatable bonds is 6. The minimum Gasteiger partial charge on any atom is -0.495 e. The molecule has 3 heterocycles. The van der Waals surface area contributed by atoms with Crippen molar-refractivity contribution < 1.29 is 27.8 Å². The van der Waals surface area contributed by atoms with Crippen LogP contribution in [0.3, 0.4) is 0 Å². The zero-order valence-electron chi connectivity index (χ0n) is 19.5. The maximum absolute atomic E-state index is 13.8. The standard InChI is InChI=1S/C25H24N2O7/c1-12-19(16-11-15(26-27-16)13-6-7-17(29-2)18(10-13)30-3)21(28)20-22(31-4)14-8-9-33-23(14)25(32-5)24(20)34-12/h6-10,15,26H,11H2,1-5H3. The average Bonchev–Trinajstić information content (AvgIpc) is 3.52. The van der Waals surface area contributed by atoms with Gasteiger partial charge in [0.2, 0.25) is 11.2 Å². The van der Waals surface area contributed by atoms with Crippen molar-refractivity contribution in [2.75, 3.05) is 28.4 Å². The van der Waals surface area contributed by atoms with Gasteiger partial charge in [0.25, 0.3) is 0 Å². The predicted octanol–water partition coefficient (Wildman–Crippen LogP) is 4.32. The monoisotopic (exact) mass is 464 g/mol. The summed E-state index contributed by atoms with van der Waals surface area (Å²) in [7, 11) is 6.20. The van der Waals surface area contributed by atoms with Crippen molar-refractivity contribution in [3.8, 4) is 23.0 Å². The van der Waals surface area contributed by atoms with Crippen LogP contribution in [0.1, 0.15) is 29.3 Å². The molecule has 0 spiro atoms. The van der Waals surface area contributed by atoms with E-state index in [1.807, 2.05) is 18.2 Å². The van der Waals surface area contributed by atoms with Gasteiger partial charge in [-0.15, -0.1) is 0 Å². The molecular formula is C25H24N2O7. The molecule has 2 aromatic carbocycles. The van der Waals surface area contributed by atoms with Gasteiger partial charge in [0.15, 0.2) is 22.7 Å². The molecule has 0 aliphatic carbocycles. The molecule has 1 N–H and O–H groups in total. The molecule has 5 rings (SSSR count). The fraction of sp³-hybridized carbons (Fsp3) is 0.280. The largest absolute Gasteiger partial charge is 0.495 e. The van der Waals surface area contributed by atoms with Crippen LogP contribution in [0.5, 0.6) is 23.0 Å². The van der Waals surface area contributed by atoms with Crippen molar-refractivity contribution in [3.05, 3.63) is 57.6 Å². The highest BCUT2D eigenvalue weighted by Gasteiger charge is 2.30. The first-order valence-electron chi connectivity index (χ1n) is 10.6. The van der Waals surface area contributed by atoms with Crippen LogP contribution < -0.4 is 29.8 Å². The summed E-state index contributed by atoms with van der Waals surface area (Å²) >= 11 is 0. The first kappa shape index (κ1) is 21.7. The van der Waals surface area contributed by atoms with Crippen LogP contribution in [0.2, 0.25) is 0 Å². The van der Waals surface area contributed by atoms with E-state index in [0.29, 0.717) is 57.4 Å². The lowest BCUT2D eigenvalue weighted by molar-refractivity contribution is 0.354. The Morgan fingerprint density at radius 3 is 2.44 bits per heavy atom. The van der Waals surface area contributed by atoms with Gasteiger partial charge < -0.3 is 33.2 Å². The van der Waals surface area contributed by atoms with Gasteiger partial charge in [-0.3, -0.25) is 4.79 Å². The molecule has 0 radical (unpaired) electrons. The fourth-order valence-electron chi connectivity index (χ4n) is 4.50. The van der Waals surface area contributed by atoms with Crippen molar-refractivity contribution in [3.63, 3.8) is 0 Å². The molecule has 1 atom stereocenters. The molecule has 0 saturated heterocycles. The van der Waals surface area contributed by atoms with E-state index in [2.05, 4.69) is 10.5 Å². The SMILES string of the molecule is COc1ccc(C2CC(c3c(C)oc4c(OC)c5occc5c(OC)c4c3=O)=NN2)cc1OC. The number of benzene rings is 2. The molecular weight excluding hydrogens is 440 g/mol. The van der Waals surface area contributed by atoms with Gasteiger partial charge in [0, 0.05) is 6.42 Å². The number of nitrogens with one attached hydrogen (secondary N) is 1. The Hall–Kier alpha value is -4.14. The van der Waals surface area contributed by atoms with E-state index in [0.717, 1.165) is 5.56 Å². The molecule has 9 heteroatoms. The van der Waals surface area contributed by atoms with E-state index >= 15 is 0 Å². The quantitative estimate of drug-likeness (QED) is 0.450. The summed E-state index contributed by atoms with van der Waals surface area (Å²) < 4.78 is 33.6. The Balaban J connectivity index is 1.61. The van der Waals surface area contributed by atoms with Gasteiger partial charge in [-0.2, -0.15) is 5.10 Å². The van der Waals surface area contributed by atoms with Gasteiger partial charge in [-0.05, 0) is 30.7 Å². The fourth-order valence-corrected chi connectivity index (χ4v) is 4.50. The lowest BCUT2D eigenvalue weighted by Crippen LogP contribution is -2.18. The summed E-state index contributed by atoms with van der Waals surface area (Å²) in [6, 6.07) is 7.27. The first-order valence-corrected chi connectivity index (χ1v) is 10.6. The third kappa shape index (κ3) is 3.15. The van der Waals surface area contributed by atoms with Gasteiger partial charge in [0.05, 0.1) is 57.4 Å². The Morgan fingerprint density at radius 1 is 0.971 bits per heavy atom. The van der Waals surface area contributed by atoms with Crippen LogP contribution in [0, 0.1) is 6.92 Å². The molecule has 9 nitrogen and oxygen atoms in total. The third-order valence-electron chi connectivity index (χ3n) is 6.10. The molecule has 34 heavy (non-hydrogen) atoms. The van der Waals surface area contributed by atoms with E-state index < -0.39 is 0 Å². The lowest BCUT2D eigenvalue weighted by Gasteiger charge is -2.14. The second-order valence-electron chi connectivity index (χ2n) is 7.86. The summed E-state index contributed by atoms with van der Waals surface area (Å²) in [6.45, 7) is 1.74. The van der Waals surface area contributed by atoms with Gasteiger partial charge >= 0.3 is 0 Å². The number of nitrogens with zero attached hydrogens (tertiary/aromatic N) is 1. The van der Waals surface area contributed by atoms with Crippen LogP contribution in [-0.2, 0) is 0 Å². The molecule has 0 fully saturated rings. The van der Waals surface area contributed by atoms with Crippen LogP contribution in [-0.4, -0.2) is 34.2 Å². The van der Waals surface area contributed by atoms with Crippen molar-refractivity contribution in [1.82, 2.24) is 5.43 Å². The number of fused-ring (bicyclic) bond motifs is 2. The number of hydrazone groups is 1. The highest BCUT2D eigenvalue weighted by atomic mass is 16.5. The first-order chi connectivity index (χ1) is 16.5. The van der Waals surface area contributed by atoms with Gasteiger partial charge in [-0.1, -0.05) is 6.07 Å². The third-order valence-corrected chi connectivity index (χ3v) is 6.10. The molecule has 1 unspecified atom stereocenters. The van der Waals surface area contributed by atoms with E-state index in [-0.39, 0.29) is 22.4 Å². The second kappa shape index (κ2) is 8.33. The summed E-state index contributed by atoms with van der Waals surface area (Å²) in [6.07, 6.45) is 2.01. The van der Waals surface area contributed by atoms with Crippen LogP contribution in [0.25, 0.3) is 21.9 Å². The lowest BCUT2D eigenvalue weighted by atomic mass is 9.97. The van der Waals surface area contributed by atoms with Gasteiger partial charge in [-0.25, -0.2) is 0 Å². The smallest absolute Gasteiger partial charge is 0.206 e. The zero-order valence-corrected chi connectivity index (χ0v) is 19.5. The summed E-state index contributed by atoms with van der Waals surface area (Å²) in [5, 5.41) is 5.40. The molecule has 0 saturated carbocycles. The molecule has 0 bridgehead atoms. The van der Waals surface area contributed by atoms with E-state index in [4.69, 9.17) is 27.8 Å². The number of furan rings is 1. The Morgan fingerprint density at radius 2 is 1.74 bits per heavy atom. The maximum Gasteiger partial charge on any atom is 0.206 e. The van der Waals surface area contributed by atoms with Crippen LogP contribution in [0.4, 0.5) is 0 Å². The van der Waals surface area contributed by atoms with Gasteiger partial charge in [0.1, 0.15) is 16.9 Å². The van der Waals surface area contributed by atoms with Crippen LogP contribution in [0.15, 0.2) is 49.3 Å². The highest BCUT2D eigenvalue weighted by Crippen LogP contribution is 2.42. The summed E-state index contributed by atoms with van der Waals surface area (Å²) in [5.74, 6) is 2.41. The molecule has 4 aromatic rings. The maximum atomic E-state index is 13.8. The Labute approximate surface area is 194 Å². The van der Waals surface area contributed by atoms with Crippen molar-refractivity contribution >= 4 is 27.7 Å². The molecule has 1 aliphatic heterocycles. The number of hydrogen-bond acceptors (Lipinski definition) is 9. The zero-order chi connectivity index (χ0) is 24.0. The number of aryl methyl sites for hydroxylation is 1. The number of ether oxygens (including phenoxy) is 4. The normalized spacial score (nSPS) is 15.3. The molecule has 0 amide bonds. The number of methoxy groups -OCH3 is 4. The van der Waals surface area contributed by atoms with Crippen molar-refractivity contribution in [2.45, 2.75) is 19.4 Å². The Kier molecular flexibility index (Phi) is 5.31. The Bertz CT molecular complexity index is 1500. The summed E-state index contributed by atoms with van der Waals surface area (Å²) in [4.78, 5) is 13.8. The molecule has 176 valence electrons. The van der Waals surface area contributed by atoms with E-state index in [1.165, 1.54) is 20.5 Å². The topological polar surface area (TPSA) is 105 Å². The van der Waals surface area contributed by atoms with Crippen molar-refractivity contribution in [1.29, 1.82) is 0 Å². The summed E-state index contributed by atoms with van der Waals surface area (Å²) in [5.41, 5.74) is 5.56. The van der Waals surface area contributed by atoms with Crippen LogP contribution >= 0.6 is 0 Å². The molecule has 1 aliphatic rings. The minimum atomic E-state index is -0.245. The van der Waals surface area contributed by atoms with Crippen molar-refractivity contribution in [2.24, 2.45) is 5.10 Å². The second-order valence-corrected chi connectivity index (χ2v) is 7.86.